The Kier molecular flexibility index (Phi) is 5.63. The zero-order valence-corrected chi connectivity index (χ0v) is 13.7. The van der Waals surface area contributed by atoms with Crippen molar-refractivity contribution >= 4 is 18.8 Å². The van der Waals surface area contributed by atoms with Crippen LogP contribution in [-0.2, 0) is 4.65 Å². The number of allylic oxidation sites excluding steroid dienone is 2. The molecule has 6 heteroatoms. The Morgan fingerprint density at radius 1 is 1.36 bits per heavy atom. The van der Waals surface area contributed by atoms with Gasteiger partial charge in [0.15, 0.2) is 11.6 Å². The van der Waals surface area contributed by atoms with E-state index >= 15 is 0 Å². The molecule has 0 aliphatic carbocycles. The fourth-order valence-corrected chi connectivity index (χ4v) is 2.75. The Morgan fingerprint density at radius 2 is 2.24 bits per heavy atom. The highest BCUT2D eigenvalue weighted by molar-refractivity contribution is 6.43. The summed E-state index contributed by atoms with van der Waals surface area (Å²) in [6.45, 7) is 0. The zero-order chi connectivity index (χ0) is 17.6. The third kappa shape index (κ3) is 4.78. The van der Waals surface area contributed by atoms with Crippen molar-refractivity contribution in [1.29, 1.82) is 0 Å². The fraction of sp³-hybridized carbons (Fsp3) is 0.211. The van der Waals surface area contributed by atoms with Gasteiger partial charge in [-0.25, -0.2) is 4.39 Å². The van der Waals surface area contributed by atoms with Crippen molar-refractivity contribution in [2.75, 3.05) is 0 Å². The van der Waals surface area contributed by atoms with Crippen molar-refractivity contribution in [3.8, 4) is 5.75 Å². The van der Waals surface area contributed by atoms with E-state index in [2.05, 4.69) is 4.98 Å². The van der Waals surface area contributed by atoms with Crippen molar-refractivity contribution in [3.05, 3.63) is 71.8 Å². The van der Waals surface area contributed by atoms with Crippen LogP contribution in [0.25, 0.3) is 11.6 Å². The number of aromatic hydroxyl groups is 1. The number of aromatic nitrogens is 1. The van der Waals surface area contributed by atoms with E-state index in [4.69, 9.17) is 4.65 Å². The van der Waals surface area contributed by atoms with Crippen molar-refractivity contribution in [3.63, 3.8) is 0 Å². The Balaban J connectivity index is 1.82. The molecule has 0 saturated carbocycles. The van der Waals surface area contributed by atoms with Gasteiger partial charge >= 0.3 is 7.12 Å². The first-order valence-corrected chi connectivity index (χ1v) is 8.22. The average molecular weight is 339 g/mol. The van der Waals surface area contributed by atoms with Gasteiger partial charge in [0.05, 0.1) is 11.8 Å². The molecule has 1 aliphatic rings. The molecular formula is C19H19BFNO3. The normalized spacial score (nSPS) is 17.8. The van der Waals surface area contributed by atoms with Crippen LogP contribution < -0.4 is 0 Å². The number of nitrogens with zero attached hydrogens (tertiary/aromatic N) is 1. The minimum Gasteiger partial charge on any atom is -0.505 e. The largest absolute Gasteiger partial charge is 0.505 e. The molecule has 1 aliphatic heterocycles. The first-order valence-electron chi connectivity index (χ1n) is 8.22. The van der Waals surface area contributed by atoms with Crippen LogP contribution in [0.4, 0.5) is 4.39 Å². The van der Waals surface area contributed by atoms with E-state index in [1.54, 1.807) is 12.3 Å². The number of hydrogen-bond donors (Lipinski definition) is 2. The number of phenols is 1. The maximum atomic E-state index is 13.6. The van der Waals surface area contributed by atoms with Gasteiger partial charge < -0.3 is 14.8 Å². The first kappa shape index (κ1) is 17.4. The monoisotopic (exact) mass is 339 g/mol. The summed E-state index contributed by atoms with van der Waals surface area (Å²) < 4.78 is 19.1. The SMILES string of the molecule is OB1CC=C[C@@H](CC/C(=C/c2ccc(O)c(F)c2)c2ccccn2)O1. The van der Waals surface area contributed by atoms with Gasteiger partial charge in [-0.1, -0.05) is 24.3 Å². The van der Waals surface area contributed by atoms with E-state index in [-0.39, 0.29) is 11.9 Å². The van der Waals surface area contributed by atoms with Gasteiger partial charge in [0.1, 0.15) is 0 Å². The molecule has 0 fully saturated rings. The van der Waals surface area contributed by atoms with Crippen LogP contribution in [-0.4, -0.2) is 28.3 Å². The van der Waals surface area contributed by atoms with E-state index in [1.807, 2.05) is 36.4 Å². The first-order chi connectivity index (χ1) is 12.1. The Labute approximate surface area is 146 Å². The fourth-order valence-electron chi connectivity index (χ4n) is 2.75. The van der Waals surface area contributed by atoms with Gasteiger partial charge in [0, 0.05) is 12.5 Å². The summed E-state index contributed by atoms with van der Waals surface area (Å²) in [6, 6.07) is 9.91. The molecule has 128 valence electrons. The van der Waals surface area contributed by atoms with Gasteiger partial charge in [-0.2, -0.15) is 0 Å². The lowest BCUT2D eigenvalue weighted by Crippen LogP contribution is -2.27. The summed E-state index contributed by atoms with van der Waals surface area (Å²) in [6.07, 6.45) is 9.10. The molecular weight excluding hydrogens is 320 g/mol. The van der Waals surface area contributed by atoms with E-state index in [0.29, 0.717) is 24.7 Å². The predicted molar refractivity (Wildman–Crippen MR) is 96.2 cm³/mol. The van der Waals surface area contributed by atoms with Crippen molar-refractivity contribution in [1.82, 2.24) is 4.98 Å². The maximum absolute atomic E-state index is 13.6. The molecule has 0 spiro atoms. The van der Waals surface area contributed by atoms with Gasteiger partial charge in [0.2, 0.25) is 0 Å². The number of hydrogen-bond acceptors (Lipinski definition) is 4. The summed E-state index contributed by atoms with van der Waals surface area (Å²) in [5.74, 6) is -1.03. The highest BCUT2D eigenvalue weighted by atomic mass is 19.1. The predicted octanol–water partition coefficient (Wildman–Crippen LogP) is 3.68. The molecule has 25 heavy (non-hydrogen) atoms. The van der Waals surface area contributed by atoms with Crippen molar-refractivity contribution in [2.45, 2.75) is 25.3 Å². The topological polar surface area (TPSA) is 62.6 Å². The lowest BCUT2D eigenvalue weighted by Gasteiger charge is -2.20. The van der Waals surface area contributed by atoms with Crippen LogP contribution in [0, 0.1) is 5.82 Å². The van der Waals surface area contributed by atoms with Crippen LogP contribution in [0.1, 0.15) is 24.1 Å². The highest BCUT2D eigenvalue weighted by Gasteiger charge is 2.21. The Morgan fingerprint density at radius 3 is 2.96 bits per heavy atom. The Hall–Kier alpha value is -2.44. The average Bonchev–Trinajstić information content (AvgIpc) is 2.62. The van der Waals surface area contributed by atoms with Crippen LogP contribution in [0.15, 0.2) is 54.7 Å². The summed E-state index contributed by atoms with van der Waals surface area (Å²) in [5, 5.41) is 18.9. The molecule has 0 unspecified atom stereocenters. The lowest BCUT2D eigenvalue weighted by atomic mass is 9.82. The molecule has 2 heterocycles. The van der Waals surface area contributed by atoms with Crippen molar-refractivity contribution in [2.24, 2.45) is 0 Å². The minimum atomic E-state index is -0.761. The van der Waals surface area contributed by atoms with Crippen LogP contribution >= 0.6 is 0 Å². The molecule has 0 bridgehead atoms. The van der Waals surface area contributed by atoms with Gasteiger partial charge in [0.25, 0.3) is 0 Å². The molecule has 1 aromatic heterocycles. The number of benzene rings is 1. The number of phenolic OH excluding ortho intramolecular Hbond substituents is 1. The second-order valence-corrected chi connectivity index (χ2v) is 5.93. The van der Waals surface area contributed by atoms with Crippen molar-refractivity contribution < 1.29 is 19.2 Å². The van der Waals surface area contributed by atoms with E-state index < -0.39 is 12.9 Å². The van der Waals surface area contributed by atoms with Gasteiger partial charge in [-0.3, -0.25) is 4.98 Å². The third-order valence-electron chi connectivity index (χ3n) is 4.03. The minimum absolute atomic E-state index is 0.160. The summed E-state index contributed by atoms with van der Waals surface area (Å²) in [5.41, 5.74) is 2.38. The second kappa shape index (κ2) is 8.10. The van der Waals surface area contributed by atoms with Crippen LogP contribution in [0.5, 0.6) is 5.75 Å². The molecule has 3 rings (SSSR count). The molecule has 1 aromatic carbocycles. The number of rotatable bonds is 5. The standard InChI is InChI=1S/C19H19BFNO3/c21-17-13-14(6-9-19(17)23)12-15(18-5-1-2-11-22-18)7-8-16-4-3-10-20(24)25-16/h1-6,9,11-13,16,23-24H,7-8,10H2/b15-12-/t16-/m0/s1. The smallest absolute Gasteiger partial charge is 0.458 e. The molecule has 4 nitrogen and oxygen atoms in total. The summed E-state index contributed by atoms with van der Waals surface area (Å²) in [4.78, 5) is 4.37. The Bertz CT molecular complexity index is 779. The van der Waals surface area contributed by atoms with E-state index in [9.17, 15) is 14.5 Å². The lowest BCUT2D eigenvalue weighted by molar-refractivity contribution is 0.193. The maximum Gasteiger partial charge on any atom is 0.458 e. The highest BCUT2D eigenvalue weighted by Crippen LogP contribution is 2.26. The zero-order valence-electron chi connectivity index (χ0n) is 13.7. The second-order valence-electron chi connectivity index (χ2n) is 5.93. The van der Waals surface area contributed by atoms with E-state index in [1.165, 1.54) is 12.1 Å². The number of halogens is 1. The van der Waals surface area contributed by atoms with Crippen LogP contribution in [0.3, 0.4) is 0 Å². The quantitative estimate of drug-likeness (QED) is 0.644. The molecule has 2 aromatic rings. The summed E-state index contributed by atoms with van der Waals surface area (Å²) in [7, 11) is -0.761. The number of pyridine rings is 1. The van der Waals surface area contributed by atoms with Gasteiger partial charge in [-0.15, -0.1) is 0 Å². The molecule has 1 atom stereocenters. The molecule has 0 radical (unpaired) electrons. The van der Waals surface area contributed by atoms with E-state index in [0.717, 1.165) is 11.3 Å². The van der Waals surface area contributed by atoms with Gasteiger partial charge in [-0.05, 0) is 54.3 Å². The van der Waals surface area contributed by atoms with Crippen LogP contribution in [0.2, 0.25) is 6.32 Å². The molecule has 0 amide bonds. The third-order valence-corrected chi connectivity index (χ3v) is 4.03. The summed E-state index contributed by atoms with van der Waals surface area (Å²) >= 11 is 0. The molecule has 2 N–H and O–H groups in total. The molecule has 0 saturated heterocycles.